The van der Waals surface area contributed by atoms with E-state index in [-0.39, 0.29) is 0 Å². The molecular weight excluding hydrogens is 264 g/mol. The minimum absolute atomic E-state index is 0.795. The fourth-order valence-electron chi connectivity index (χ4n) is 2.33. The highest BCUT2D eigenvalue weighted by Crippen LogP contribution is 2.27. The van der Waals surface area contributed by atoms with Gasteiger partial charge in [-0.25, -0.2) is 0 Å². The maximum atomic E-state index is 6.23. The van der Waals surface area contributed by atoms with Crippen molar-refractivity contribution < 1.29 is 0 Å². The van der Waals surface area contributed by atoms with Crippen LogP contribution in [-0.2, 0) is 6.42 Å². The molecule has 0 aliphatic heterocycles. The lowest BCUT2D eigenvalue weighted by molar-refractivity contribution is 1.19. The Morgan fingerprint density at radius 1 is 0.600 bits per heavy atom. The van der Waals surface area contributed by atoms with Crippen LogP contribution >= 0.6 is 11.6 Å². The summed E-state index contributed by atoms with van der Waals surface area (Å²) in [5.41, 5.74) is 4.89. The molecule has 0 spiro atoms. The molecular formula is C19H15Cl. The fraction of sp³-hybridized carbons (Fsp3) is 0.0526. The minimum atomic E-state index is 0.795. The molecule has 0 fully saturated rings. The zero-order valence-corrected chi connectivity index (χ0v) is 11.8. The van der Waals surface area contributed by atoms with Gasteiger partial charge in [0, 0.05) is 10.6 Å². The van der Waals surface area contributed by atoms with Crippen LogP contribution in [-0.4, -0.2) is 0 Å². The molecule has 98 valence electrons. The standard InChI is InChI=1S/C19H15Cl/c20-19-9-5-4-8-18(19)17-12-10-16(11-13-17)14-15-6-2-1-3-7-15/h1-13H,14H2. The number of hydrogen-bond donors (Lipinski definition) is 0. The van der Waals surface area contributed by atoms with Crippen LogP contribution in [0, 0.1) is 0 Å². The van der Waals surface area contributed by atoms with Crippen LogP contribution < -0.4 is 0 Å². The van der Waals surface area contributed by atoms with Gasteiger partial charge in [-0.05, 0) is 29.2 Å². The van der Waals surface area contributed by atoms with Crippen molar-refractivity contribution in [1.82, 2.24) is 0 Å². The summed E-state index contributed by atoms with van der Waals surface area (Å²) in [4.78, 5) is 0. The Bertz CT molecular complexity index is 684. The van der Waals surface area contributed by atoms with Gasteiger partial charge in [0.05, 0.1) is 0 Å². The molecule has 0 amide bonds. The third-order valence-corrected chi connectivity index (χ3v) is 3.72. The van der Waals surface area contributed by atoms with E-state index in [9.17, 15) is 0 Å². The van der Waals surface area contributed by atoms with Crippen LogP contribution in [0.15, 0.2) is 78.9 Å². The largest absolute Gasteiger partial charge is 0.0837 e. The van der Waals surface area contributed by atoms with E-state index in [1.165, 1.54) is 11.1 Å². The molecule has 0 radical (unpaired) electrons. The summed E-state index contributed by atoms with van der Waals surface area (Å²) in [6.07, 6.45) is 0.962. The van der Waals surface area contributed by atoms with Gasteiger partial charge in [0.25, 0.3) is 0 Å². The van der Waals surface area contributed by atoms with E-state index in [0.717, 1.165) is 22.6 Å². The lowest BCUT2D eigenvalue weighted by Crippen LogP contribution is -1.88. The summed E-state index contributed by atoms with van der Waals surface area (Å²) in [5.74, 6) is 0. The number of hydrogen-bond acceptors (Lipinski definition) is 0. The molecule has 3 aromatic rings. The van der Waals surface area contributed by atoms with Gasteiger partial charge in [-0.3, -0.25) is 0 Å². The van der Waals surface area contributed by atoms with Crippen molar-refractivity contribution >= 4 is 11.6 Å². The molecule has 0 atom stereocenters. The Kier molecular flexibility index (Phi) is 3.85. The lowest BCUT2D eigenvalue weighted by Gasteiger charge is -2.06. The molecule has 0 aliphatic rings. The van der Waals surface area contributed by atoms with Gasteiger partial charge < -0.3 is 0 Å². The highest BCUT2D eigenvalue weighted by Gasteiger charge is 2.02. The Morgan fingerprint density at radius 2 is 1.20 bits per heavy atom. The first-order valence-electron chi connectivity index (χ1n) is 6.71. The topological polar surface area (TPSA) is 0 Å². The Labute approximate surface area is 124 Å². The van der Waals surface area contributed by atoms with Crippen molar-refractivity contribution in [3.05, 3.63) is 95.0 Å². The van der Waals surface area contributed by atoms with Crippen LogP contribution in [0.4, 0.5) is 0 Å². The quantitative estimate of drug-likeness (QED) is 0.585. The zero-order valence-electron chi connectivity index (χ0n) is 11.1. The zero-order chi connectivity index (χ0) is 13.8. The molecule has 0 heterocycles. The number of benzene rings is 3. The number of halogens is 1. The summed E-state index contributed by atoms with van der Waals surface area (Å²) in [7, 11) is 0. The van der Waals surface area contributed by atoms with Crippen LogP contribution in [0.3, 0.4) is 0 Å². The van der Waals surface area contributed by atoms with Gasteiger partial charge in [-0.2, -0.15) is 0 Å². The van der Waals surface area contributed by atoms with Crippen molar-refractivity contribution in [2.24, 2.45) is 0 Å². The maximum absolute atomic E-state index is 6.23. The molecule has 0 unspecified atom stereocenters. The average molecular weight is 279 g/mol. The molecule has 3 aromatic carbocycles. The SMILES string of the molecule is Clc1ccccc1-c1ccc(Cc2ccccc2)cc1. The Morgan fingerprint density at radius 3 is 1.90 bits per heavy atom. The van der Waals surface area contributed by atoms with Crippen LogP contribution in [0.1, 0.15) is 11.1 Å². The van der Waals surface area contributed by atoms with Crippen LogP contribution in [0.5, 0.6) is 0 Å². The normalized spacial score (nSPS) is 10.4. The highest BCUT2D eigenvalue weighted by molar-refractivity contribution is 6.33. The summed E-state index contributed by atoms with van der Waals surface area (Å²) >= 11 is 6.23. The summed E-state index contributed by atoms with van der Waals surface area (Å²) in [6, 6.07) is 27.1. The molecule has 0 aromatic heterocycles. The Balaban J connectivity index is 1.83. The van der Waals surface area contributed by atoms with Crippen LogP contribution in [0.25, 0.3) is 11.1 Å². The van der Waals surface area contributed by atoms with E-state index >= 15 is 0 Å². The molecule has 0 saturated carbocycles. The predicted molar refractivity (Wildman–Crippen MR) is 86.1 cm³/mol. The second-order valence-electron chi connectivity index (χ2n) is 4.84. The molecule has 20 heavy (non-hydrogen) atoms. The van der Waals surface area contributed by atoms with E-state index in [4.69, 9.17) is 11.6 Å². The summed E-state index contributed by atoms with van der Waals surface area (Å²) in [6.45, 7) is 0. The Hall–Kier alpha value is -2.05. The molecule has 3 rings (SSSR count). The summed E-state index contributed by atoms with van der Waals surface area (Å²) in [5, 5.41) is 0.795. The van der Waals surface area contributed by atoms with E-state index in [1.54, 1.807) is 0 Å². The van der Waals surface area contributed by atoms with Gasteiger partial charge >= 0.3 is 0 Å². The molecule has 0 N–H and O–H groups in total. The van der Waals surface area contributed by atoms with Gasteiger partial charge in [-0.1, -0.05) is 84.4 Å². The molecule has 0 saturated heterocycles. The van der Waals surface area contributed by atoms with Gasteiger partial charge in [-0.15, -0.1) is 0 Å². The van der Waals surface area contributed by atoms with Crippen LogP contribution in [0.2, 0.25) is 5.02 Å². The third kappa shape index (κ3) is 2.92. The van der Waals surface area contributed by atoms with E-state index < -0.39 is 0 Å². The van der Waals surface area contributed by atoms with Crippen molar-refractivity contribution in [2.75, 3.05) is 0 Å². The second kappa shape index (κ2) is 5.94. The first-order chi connectivity index (χ1) is 9.83. The molecule has 1 heteroatoms. The third-order valence-electron chi connectivity index (χ3n) is 3.39. The van der Waals surface area contributed by atoms with Crippen molar-refractivity contribution in [3.63, 3.8) is 0 Å². The summed E-state index contributed by atoms with van der Waals surface area (Å²) < 4.78 is 0. The number of rotatable bonds is 3. The minimum Gasteiger partial charge on any atom is -0.0837 e. The van der Waals surface area contributed by atoms with Gasteiger partial charge in [0.1, 0.15) is 0 Å². The molecule has 0 aliphatic carbocycles. The first kappa shape index (κ1) is 13.0. The molecule has 0 nitrogen and oxygen atoms in total. The van der Waals surface area contributed by atoms with Crippen molar-refractivity contribution in [3.8, 4) is 11.1 Å². The van der Waals surface area contributed by atoms with Gasteiger partial charge in [0.15, 0.2) is 0 Å². The van der Waals surface area contributed by atoms with E-state index in [0.29, 0.717) is 0 Å². The van der Waals surface area contributed by atoms with E-state index in [1.807, 2.05) is 24.3 Å². The predicted octanol–water partition coefficient (Wildman–Crippen LogP) is 5.60. The van der Waals surface area contributed by atoms with Crippen molar-refractivity contribution in [2.45, 2.75) is 6.42 Å². The van der Waals surface area contributed by atoms with Crippen molar-refractivity contribution in [1.29, 1.82) is 0 Å². The monoisotopic (exact) mass is 278 g/mol. The van der Waals surface area contributed by atoms with E-state index in [2.05, 4.69) is 54.6 Å². The highest BCUT2D eigenvalue weighted by atomic mass is 35.5. The van der Waals surface area contributed by atoms with Gasteiger partial charge in [0.2, 0.25) is 0 Å². The molecule has 0 bridgehead atoms. The average Bonchev–Trinajstić information content (AvgIpc) is 2.50. The second-order valence-corrected chi connectivity index (χ2v) is 5.25. The smallest absolute Gasteiger partial charge is 0.0484 e. The first-order valence-corrected chi connectivity index (χ1v) is 7.08. The maximum Gasteiger partial charge on any atom is 0.0484 e. The fourth-order valence-corrected chi connectivity index (χ4v) is 2.57. The lowest BCUT2D eigenvalue weighted by atomic mass is 10.0.